The van der Waals surface area contributed by atoms with Crippen LogP contribution in [0.5, 0.6) is 5.75 Å². The third-order valence-corrected chi connectivity index (χ3v) is 5.00. The topological polar surface area (TPSA) is 70.7 Å². The Hall–Kier alpha value is -0.570. The van der Waals surface area contributed by atoms with E-state index in [4.69, 9.17) is 4.74 Å². The van der Waals surface area contributed by atoms with Crippen molar-refractivity contribution < 1.29 is 13.2 Å². The zero-order valence-corrected chi connectivity index (χ0v) is 15.6. The lowest BCUT2D eigenvalue weighted by atomic mass is 10.3. The van der Waals surface area contributed by atoms with Gasteiger partial charge in [-0.05, 0) is 37.2 Å². The molecule has 1 fully saturated rings. The molecular weight excluding hydrogens is 361 g/mol. The van der Waals surface area contributed by atoms with Gasteiger partial charge < -0.3 is 15.0 Å². The SMILES string of the molecule is COc1ccc(S(=O)(=O)NCCCN2CCNCC2)cc1.Cl.Cl. The van der Waals surface area contributed by atoms with Crippen LogP contribution in [-0.4, -0.2) is 59.7 Å². The summed E-state index contributed by atoms with van der Waals surface area (Å²) in [6.45, 7) is 5.47. The number of sulfonamides is 1. The van der Waals surface area contributed by atoms with Crippen molar-refractivity contribution in [2.45, 2.75) is 11.3 Å². The fraction of sp³-hybridized carbons (Fsp3) is 0.571. The highest BCUT2D eigenvalue weighted by atomic mass is 35.5. The van der Waals surface area contributed by atoms with Crippen LogP contribution in [0.4, 0.5) is 0 Å². The second-order valence-electron chi connectivity index (χ2n) is 5.02. The molecule has 9 heteroatoms. The van der Waals surface area contributed by atoms with Crippen LogP contribution in [-0.2, 0) is 10.0 Å². The summed E-state index contributed by atoms with van der Waals surface area (Å²) < 4.78 is 31.9. The van der Waals surface area contributed by atoms with Crippen molar-refractivity contribution >= 4 is 34.8 Å². The van der Waals surface area contributed by atoms with E-state index in [0.29, 0.717) is 12.3 Å². The first-order valence-electron chi connectivity index (χ1n) is 7.18. The van der Waals surface area contributed by atoms with Crippen LogP contribution < -0.4 is 14.8 Å². The molecule has 0 aliphatic carbocycles. The smallest absolute Gasteiger partial charge is 0.240 e. The minimum absolute atomic E-state index is 0. The van der Waals surface area contributed by atoms with E-state index < -0.39 is 10.0 Å². The van der Waals surface area contributed by atoms with E-state index in [2.05, 4.69) is 14.9 Å². The second-order valence-corrected chi connectivity index (χ2v) is 6.79. The third-order valence-electron chi connectivity index (χ3n) is 3.52. The normalized spacial score (nSPS) is 15.3. The molecule has 2 N–H and O–H groups in total. The first kappa shape index (κ1) is 22.4. The van der Waals surface area contributed by atoms with Gasteiger partial charge in [0.2, 0.25) is 10.0 Å². The van der Waals surface area contributed by atoms with Crippen molar-refractivity contribution in [2.75, 3.05) is 46.4 Å². The molecule has 1 aromatic rings. The maximum Gasteiger partial charge on any atom is 0.240 e. The van der Waals surface area contributed by atoms with Crippen LogP contribution in [0.1, 0.15) is 6.42 Å². The fourth-order valence-electron chi connectivity index (χ4n) is 2.28. The second kappa shape index (κ2) is 11.1. The molecule has 0 atom stereocenters. The number of nitrogens with one attached hydrogen (secondary N) is 2. The number of halogens is 2. The third kappa shape index (κ3) is 7.24. The molecule has 0 spiro atoms. The average Bonchev–Trinajstić information content (AvgIpc) is 2.53. The lowest BCUT2D eigenvalue weighted by Crippen LogP contribution is -2.44. The summed E-state index contributed by atoms with van der Waals surface area (Å²) in [7, 11) is -1.87. The number of benzene rings is 1. The zero-order chi connectivity index (χ0) is 15.1. The van der Waals surface area contributed by atoms with Gasteiger partial charge in [-0.2, -0.15) is 0 Å². The molecule has 1 aromatic carbocycles. The molecule has 0 unspecified atom stereocenters. The zero-order valence-electron chi connectivity index (χ0n) is 13.2. The largest absolute Gasteiger partial charge is 0.497 e. The molecule has 1 aliphatic rings. The number of piperazine rings is 1. The van der Waals surface area contributed by atoms with E-state index in [0.717, 1.165) is 39.1 Å². The number of hydrogen-bond acceptors (Lipinski definition) is 5. The van der Waals surface area contributed by atoms with E-state index in [1.165, 1.54) is 0 Å². The van der Waals surface area contributed by atoms with Gasteiger partial charge in [0.15, 0.2) is 0 Å². The summed E-state index contributed by atoms with van der Waals surface area (Å²) in [5, 5.41) is 3.30. The summed E-state index contributed by atoms with van der Waals surface area (Å²) in [5.74, 6) is 0.646. The number of nitrogens with zero attached hydrogens (tertiary/aromatic N) is 1. The molecule has 2 rings (SSSR count). The van der Waals surface area contributed by atoms with Gasteiger partial charge >= 0.3 is 0 Å². The Morgan fingerprint density at radius 3 is 2.35 bits per heavy atom. The van der Waals surface area contributed by atoms with Crippen LogP contribution in [0.2, 0.25) is 0 Å². The highest BCUT2D eigenvalue weighted by molar-refractivity contribution is 7.89. The lowest BCUT2D eigenvalue weighted by Gasteiger charge is -2.27. The van der Waals surface area contributed by atoms with Gasteiger partial charge in [-0.15, -0.1) is 24.8 Å². The Morgan fingerprint density at radius 2 is 1.78 bits per heavy atom. The van der Waals surface area contributed by atoms with Crippen molar-refractivity contribution in [1.82, 2.24) is 14.9 Å². The summed E-state index contributed by atoms with van der Waals surface area (Å²) in [5.41, 5.74) is 0. The minimum atomic E-state index is -3.42. The van der Waals surface area contributed by atoms with E-state index in [1.54, 1.807) is 31.4 Å². The summed E-state index contributed by atoms with van der Waals surface area (Å²) in [6, 6.07) is 6.40. The standard InChI is InChI=1S/C14H23N3O3S.2ClH/c1-20-13-3-5-14(6-4-13)21(18,19)16-7-2-10-17-11-8-15-9-12-17;;/h3-6,15-16H,2,7-12H2,1H3;2*1H. The van der Waals surface area contributed by atoms with E-state index >= 15 is 0 Å². The van der Waals surface area contributed by atoms with Gasteiger partial charge in [0.05, 0.1) is 12.0 Å². The number of hydrogen-bond donors (Lipinski definition) is 2. The van der Waals surface area contributed by atoms with Gasteiger partial charge in [-0.3, -0.25) is 0 Å². The quantitative estimate of drug-likeness (QED) is 0.688. The Balaban J connectivity index is 0.00000242. The molecule has 6 nitrogen and oxygen atoms in total. The van der Waals surface area contributed by atoms with Gasteiger partial charge in [-0.25, -0.2) is 13.1 Å². The highest BCUT2D eigenvalue weighted by Gasteiger charge is 2.14. The Kier molecular flexibility index (Phi) is 10.8. The van der Waals surface area contributed by atoms with Crippen LogP contribution in [0, 0.1) is 0 Å². The number of rotatable bonds is 7. The molecular formula is C14H25Cl2N3O3S. The molecule has 0 radical (unpaired) electrons. The molecule has 0 amide bonds. The molecule has 0 aromatic heterocycles. The molecule has 1 saturated heterocycles. The minimum Gasteiger partial charge on any atom is -0.497 e. The monoisotopic (exact) mass is 385 g/mol. The molecule has 1 aliphatic heterocycles. The van der Waals surface area contributed by atoms with Gasteiger partial charge in [0.1, 0.15) is 5.75 Å². The predicted molar refractivity (Wildman–Crippen MR) is 96.6 cm³/mol. The summed E-state index contributed by atoms with van der Waals surface area (Å²) >= 11 is 0. The maximum absolute atomic E-state index is 12.1. The lowest BCUT2D eigenvalue weighted by molar-refractivity contribution is 0.239. The number of methoxy groups -OCH3 is 1. The summed E-state index contributed by atoms with van der Waals surface area (Å²) in [6.07, 6.45) is 0.815. The average molecular weight is 386 g/mol. The van der Waals surface area contributed by atoms with Gasteiger partial charge in [-0.1, -0.05) is 0 Å². The van der Waals surface area contributed by atoms with E-state index in [1.807, 2.05) is 0 Å². The van der Waals surface area contributed by atoms with Crippen LogP contribution in [0.25, 0.3) is 0 Å². The Labute approximate surface area is 150 Å². The molecule has 23 heavy (non-hydrogen) atoms. The van der Waals surface area contributed by atoms with Crippen LogP contribution in [0.15, 0.2) is 29.2 Å². The Bertz CT molecular complexity index is 535. The van der Waals surface area contributed by atoms with E-state index in [-0.39, 0.29) is 29.7 Å². The molecule has 0 saturated carbocycles. The predicted octanol–water partition coefficient (Wildman–Crippen LogP) is 1.11. The highest BCUT2D eigenvalue weighted by Crippen LogP contribution is 2.15. The molecule has 0 bridgehead atoms. The first-order valence-corrected chi connectivity index (χ1v) is 8.67. The van der Waals surface area contributed by atoms with Crippen molar-refractivity contribution in [3.8, 4) is 5.75 Å². The van der Waals surface area contributed by atoms with E-state index in [9.17, 15) is 8.42 Å². The Morgan fingerprint density at radius 1 is 1.17 bits per heavy atom. The van der Waals surface area contributed by atoms with Gasteiger partial charge in [0, 0.05) is 32.7 Å². The first-order chi connectivity index (χ1) is 10.1. The van der Waals surface area contributed by atoms with Gasteiger partial charge in [0.25, 0.3) is 0 Å². The number of ether oxygens (including phenoxy) is 1. The van der Waals surface area contributed by atoms with Crippen molar-refractivity contribution in [1.29, 1.82) is 0 Å². The summed E-state index contributed by atoms with van der Waals surface area (Å²) in [4.78, 5) is 2.61. The molecule has 1 heterocycles. The van der Waals surface area contributed by atoms with Crippen LogP contribution in [0.3, 0.4) is 0 Å². The maximum atomic E-state index is 12.1. The molecule has 134 valence electrons. The van der Waals surface area contributed by atoms with Crippen molar-refractivity contribution in [2.24, 2.45) is 0 Å². The fourth-order valence-corrected chi connectivity index (χ4v) is 3.36. The van der Waals surface area contributed by atoms with Crippen molar-refractivity contribution in [3.63, 3.8) is 0 Å². The van der Waals surface area contributed by atoms with Crippen LogP contribution >= 0.6 is 24.8 Å². The van der Waals surface area contributed by atoms with Crippen molar-refractivity contribution in [3.05, 3.63) is 24.3 Å².